The summed E-state index contributed by atoms with van der Waals surface area (Å²) in [5.74, 6) is 1.25. The monoisotopic (exact) mass is 355 g/mol. The van der Waals surface area contributed by atoms with Crippen molar-refractivity contribution in [2.75, 3.05) is 0 Å². The van der Waals surface area contributed by atoms with Gasteiger partial charge in [0.25, 0.3) is 0 Å². The van der Waals surface area contributed by atoms with Gasteiger partial charge in [-0.2, -0.15) is 0 Å². The molecule has 2 N–H and O–H groups in total. The predicted molar refractivity (Wildman–Crippen MR) is 81.5 cm³/mol. The van der Waals surface area contributed by atoms with Crippen molar-refractivity contribution in [1.82, 2.24) is 0 Å². The molecule has 0 atom stereocenters. The molecule has 0 aromatic heterocycles. The summed E-state index contributed by atoms with van der Waals surface area (Å²) >= 11 is 3.29. The molecule has 0 aliphatic rings. The fourth-order valence-electron chi connectivity index (χ4n) is 1.77. The van der Waals surface area contributed by atoms with Crippen LogP contribution in [0.25, 0.3) is 0 Å². The third kappa shape index (κ3) is 3.39. The lowest BCUT2D eigenvalue weighted by molar-refractivity contribution is 0.475. The van der Waals surface area contributed by atoms with Gasteiger partial charge in [0.15, 0.2) is 0 Å². The number of hydrogen-bond donors (Lipinski definition) is 1. The summed E-state index contributed by atoms with van der Waals surface area (Å²) in [5.41, 5.74) is 2.16. The van der Waals surface area contributed by atoms with E-state index in [4.69, 9.17) is 9.88 Å². The number of sulfonamides is 1. The van der Waals surface area contributed by atoms with Crippen LogP contribution in [0.3, 0.4) is 0 Å². The van der Waals surface area contributed by atoms with Gasteiger partial charge in [0.05, 0.1) is 9.37 Å². The summed E-state index contributed by atoms with van der Waals surface area (Å²) in [6.07, 6.45) is 0. The van der Waals surface area contributed by atoms with Gasteiger partial charge in [-0.05, 0) is 59.6 Å². The van der Waals surface area contributed by atoms with E-state index in [-0.39, 0.29) is 4.90 Å². The smallest absolute Gasteiger partial charge is 0.238 e. The van der Waals surface area contributed by atoms with Crippen molar-refractivity contribution >= 4 is 26.0 Å². The molecular formula is C14H14BrNO3S. The summed E-state index contributed by atoms with van der Waals surface area (Å²) in [6.45, 7) is 3.96. The van der Waals surface area contributed by atoms with E-state index in [2.05, 4.69) is 15.9 Å². The number of aryl methyl sites for hydroxylation is 2. The molecule has 0 aliphatic heterocycles. The van der Waals surface area contributed by atoms with Crippen LogP contribution in [0.4, 0.5) is 0 Å². The predicted octanol–water partition coefficient (Wildman–Crippen LogP) is 3.51. The van der Waals surface area contributed by atoms with E-state index in [0.29, 0.717) is 10.2 Å². The first-order valence-corrected chi connectivity index (χ1v) is 8.19. The zero-order valence-corrected chi connectivity index (χ0v) is 13.5. The molecule has 2 aromatic carbocycles. The van der Waals surface area contributed by atoms with Crippen LogP contribution in [-0.4, -0.2) is 8.42 Å². The largest absolute Gasteiger partial charge is 0.456 e. The van der Waals surface area contributed by atoms with Crippen LogP contribution in [0.5, 0.6) is 11.5 Å². The fourth-order valence-corrected chi connectivity index (χ4v) is 2.92. The van der Waals surface area contributed by atoms with Crippen molar-refractivity contribution in [1.29, 1.82) is 0 Å². The first-order chi connectivity index (χ1) is 9.27. The third-order valence-electron chi connectivity index (χ3n) is 2.78. The SMILES string of the molecule is Cc1ccc(Oc2ccc(S(N)(=O)=O)cc2Br)c(C)c1. The van der Waals surface area contributed by atoms with E-state index in [1.807, 2.05) is 32.0 Å². The Kier molecular flexibility index (Phi) is 4.17. The minimum absolute atomic E-state index is 0.0392. The van der Waals surface area contributed by atoms with Gasteiger partial charge in [0.2, 0.25) is 10.0 Å². The Bertz CT molecular complexity index is 757. The van der Waals surface area contributed by atoms with Crippen molar-refractivity contribution in [3.63, 3.8) is 0 Å². The number of benzene rings is 2. The summed E-state index contributed by atoms with van der Waals surface area (Å²) in [5, 5.41) is 5.08. The highest BCUT2D eigenvalue weighted by molar-refractivity contribution is 9.10. The molecule has 106 valence electrons. The van der Waals surface area contributed by atoms with Gasteiger partial charge in [0.1, 0.15) is 11.5 Å². The zero-order valence-electron chi connectivity index (χ0n) is 11.1. The van der Waals surface area contributed by atoms with Gasteiger partial charge in [0, 0.05) is 0 Å². The Morgan fingerprint density at radius 2 is 1.70 bits per heavy atom. The molecule has 0 spiro atoms. The molecule has 6 heteroatoms. The van der Waals surface area contributed by atoms with Crippen LogP contribution in [0, 0.1) is 13.8 Å². The second kappa shape index (κ2) is 5.55. The quantitative estimate of drug-likeness (QED) is 0.915. The molecular weight excluding hydrogens is 342 g/mol. The lowest BCUT2D eigenvalue weighted by Crippen LogP contribution is -2.11. The first kappa shape index (κ1) is 15.0. The standard InChI is InChI=1S/C14H14BrNO3S/c1-9-3-5-13(10(2)7-9)19-14-6-4-11(8-12(14)15)20(16,17)18/h3-8H,1-2H3,(H2,16,17,18). The average molecular weight is 356 g/mol. The van der Waals surface area contributed by atoms with Gasteiger partial charge in [-0.3, -0.25) is 0 Å². The highest BCUT2D eigenvalue weighted by Crippen LogP contribution is 2.33. The minimum Gasteiger partial charge on any atom is -0.456 e. The Balaban J connectivity index is 2.35. The third-order valence-corrected chi connectivity index (χ3v) is 4.31. The molecule has 2 aromatic rings. The number of primary sulfonamides is 1. The van der Waals surface area contributed by atoms with Crippen LogP contribution >= 0.6 is 15.9 Å². The second-order valence-corrected chi connectivity index (χ2v) is 6.92. The molecule has 4 nitrogen and oxygen atoms in total. The van der Waals surface area contributed by atoms with Gasteiger partial charge < -0.3 is 4.74 Å². The van der Waals surface area contributed by atoms with E-state index in [1.165, 1.54) is 12.1 Å². The van der Waals surface area contributed by atoms with Crippen LogP contribution in [0.2, 0.25) is 0 Å². The van der Waals surface area contributed by atoms with Crippen LogP contribution < -0.4 is 9.88 Å². The number of halogens is 1. The maximum absolute atomic E-state index is 11.3. The molecule has 0 fully saturated rings. The maximum atomic E-state index is 11.3. The number of hydrogen-bond acceptors (Lipinski definition) is 3. The van der Waals surface area contributed by atoms with Gasteiger partial charge >= 0.3 is 0 Å². The van der Waals surface area contributed by atoms with Crippen molar-refractivity contribution in [2.45, 2.75) is 18.7 Å². The summed E-state index contributed by atoms with van der Waals surface area (Å²) < 4.78 is 28.8. The Labute approximate surface area is 126 Å². The van der Waals surface area contributed by atoms with Gasteiger partial charge in [-0.25, -0.2) is 13.6 Å². The van der Waals surface area contributed by atoms with E-state index >= 15 is 0 Å². The van der Waals surface area contributed by atoms with E-state index in [9.17, 15) is 8.42 Å². The lowest BCUT2D eigenvalue weighted by atomic mass is 10.1. The summed E-state index contributed by atoms with van der Waals surface area (Å²) in [7, 11) is -3.71. The average Bonchev–Trinajstić information content (AvgIpc) is 2.33. The van der Waals surface area contributed by atoms with Crippen molar-refractivity contribution in [3.8, 4) is 11.5 Å². The molecule has 0 bridgehead atoms. The van der Waals surface area contributed by atoms with E-state index in [1.54, 1.807) is 6.07 Å². The van der Waals surface area contributed by atoms with Crippen LogP contribution in [0.1, 0.15) is 11.1 Å². The summed E-state index contributed by atoms with van der Waals surface area (Å²) in [4.78, 5) is 0.0392. The number of rotatable bonds is 3. The van der Waals surface area contributed by atoms with Gasteiger partial charge in [-0.1, -0.05) is 17.7 Å². The molecule has 0 saturated carbocycles. The Hall–Kier alpha value is -1.37. The fraction of sp³-hybridized carbons (Fsp3) is 0.143. The molecule has 0 heterocycles. The molecule has 2 rings (SSSR count). The molecule has 0 amide bonds. The van der Waals surface area contributed by atoms with Gasteiger partial charge in [-0.15, -0.1) is 0 Å². The van der Waals surface area contributed by atoms with Crippen LogP contribution in [-0.2, 0) is 10.0 Å². The summed E-state index contributed by atoms with van der Waals surface area (Å²) in [6, 6.07) is 10.3. The molecule has 0 unspecified atom stereocenters. The topological polar surface area (TPSA) is 69.4 Å². The highest BCUT2D eigenvalue weighted by atomic mass is 79.9. The minimum atomic E-state index is -3.71. The maximum Gasteiger partial charge on any atom is 0.238 e. The normalized spacial score (nSPS) is 11.4. The first-order valence-electron chi connectivity index (χ1n) is 5.85. The van der Waals surface area contributed by atoms with E-state index < -0.39 is 10.0 Å². The van der Waals surface area contributed by atoms with Crippen molar-refractivity contribution in [2.24, 2.45) is 5.14 Å². The molecule has 0 saturated heterocycles. The molecule has 0 radical (unpaired) electrons. The molecule has 0 aliphatic carbocycles. The zero-order chi connectivity index (χ0) is 14.9. The van der Waals surface area contributed by atoms with Crippen LogP contribution in [0.15, 0.2) is 45.8 Å². The molecule has 20 heavy (non-hydrogen) atoms. The van der Waals surface area contributed by atoms with Crippen molar-refractivity contribution < 1.29 is 13.2 Å². The second-order valence-electron chi connectivity index (χ2n) is 4.51. The Morgan fingerprint density at radius 3 is 2.25 bits per heavy atom. The number of nitrogens with two attached hydrogens (primary N) is 1. The highest BCUT2D eigenvalue weighted by Gasteiger charge is 2.12. The van der Waals surface area contributed by atoms with E-state index in [0.717, 1.165) is 16.9 Å². The number of ether oxygens (including phenoxy) is 1. The van der Waals surface area contributed by atoms with Crippen molar-refractivity contribution in [3.05, 3.63) is 52.0 Å². The lowest BCUT2D eigenvalue weighted by Gasteiger charge is -2.11. The Morgan fingerprint density at radius 1 is 1.05 bits per heavy atom.